The lowest BCUT2D eigenvalue weighted by Gasteiger charge is -2.09. The van der Waals surface area contributed by atoms with Crippen LogP contribution in [0, 0.1) is 0 Å². The van der Waals surface area contributed by atoms with E-state index in [1.54, 1.807) is 0 Å². The highest BCUT2D eigenvalue weighted by Gasteiger charge is 2.34. The highest BCUT2D eigenvalue weighted by atomic mass is 35.7. The van der Waals surface area contributed by atoms with Crippen molar-refractivity contribution in [1.82, 2.24) is 4.98 Å². The van der Waals surface area contributed by atoms with Crippen molar-refractivity contribution in [3.63, 3.8) is 0 Å². The normalized spacial score (nSPS) is 12.6. The molecule has 0 bridgehead atoms. The average molecular weight is 360 g/mol. The molecule has 0 fully saturated rings. The molecule has 3 nitrogen and oxygen atoms in total. The molecule has 0 spiro atoms. The smallest absolute Gasteiger partial charge is 0.249 e. The van der Waals surface area contributed by atoms with Gasteiger partial charge in [0.25, 0.3) is 9.05 Å². The monoisotopic (exact) mass is 359 g/mol. The van der Waals surface area contributed by atoms with Crippen LogP contribution in [0.25, 0.3) is 0 Å². The van der Waals surface area contributed by atoms with E-state index in [1.807, 2.05) is 0 Å². The van der Waals surface area contributed by atoms with E-state index in [0.717, 1.165) is 29.2 Å². The van der Waals surface area contributed by atoms with Crippen molar-refractivity contribution in [2.24, 2.45) is 0 Å². The van der Waals surface area contributed by atoms with Crippen molar-refractivity contribution in [1.29, 1.82) is 0 Å². The summed E-state index contributed by atoms with van der Waals surface area (Å²) >= 11 is 1.53. The number of hydrogen-bond acceptors (Lipinski definition) is 5. The molecule has 20 heavy (non-hydrogen) atoms. The van der Waals surface area contributed by atoms with Crippen molar-refractivity contribution >= 4 is 42.8 Å². The molecular formula is C10H5ClF3NO2S3. The van der Waals surface area contributed by atoms with Crippen LogP contribution >= 0.6 is 33.8 Å². The molecular weight excluding hydrogens is 355 g/mol. The lowest BCUT2D eigenvalue weighted by Crippen LogP contribution is -2.07. The molecule has 0 aromatic carbocycles. The maximum Gasteiger partial charge on any atom is 0.419 e. The van der Waals surface area contributed by atoms with Gasteiger partial charge in [-0.3, -0.25) is 0 Å². The molecule has 2 aromatic heterocycles. The number of pyridine rings is 1. The summed E-state index contributed by atoms with van der Waals surface area (Å²) in [5.74, 6) is 0. The molecule has 0 aliphatic rings. The van der Waals surface area contributed by atoms with Crippen LogP contribution in [0.4, 0.5) is 13.2 Å². The van der Waals surface area contributed by atoms with Crippen LogP contribution in [0.3, 0.4) is 0 Å². The summed E-state index contributed by atoms with van der Waals surface area (Å²) in [6.07, 6.45) is -3.28. The predicted octanol–water partition coefficient (Wildman–Crippen LogP) is 4.24. The van der Waals surface area contributed by atoms with Gasteiger partial charge in [0.05, 0.1) is 9.77 Å². The first kappa shape index (κ1) is 15.6. The molecule has 108 valence electrons. The molecule has 0 atom stereocenters. The van der Waals surface area contributed by atoms with Crippen molar-refractivity contribution in [2.75, 3.05) is 0 Å². The van der Waals surface area contributed by atoms with Gasteiger partial charge in [-0.1, -0.05) is 11.8 Å². The molecule has 0 unspecified atom stereocenters. The van der Waals surface area contributed by atoms with Crippen LogP contribution < -0.4 is 0 Å². The summed E-state index contributed by atoms with van der Waals surface area (Å²) in [5.41, 5.74) is -0.867. The molecule has 0 aliphatic carbocycles. The van der Waals surface area contributed by atoms with Crippen LogP contribution in [0.5, 0.6) is 0 Å². The first-order valence-corrected chi connectivity index (χ1v) is 8.87. The van der Waals surface area contributed by atoms with Gasteiger partial charge in [-0.05, 0) is 24.3 Å². The third-order valence-corrected chi connectivity index (χ3v) is 6.40. The molecule has 2 heterocycles. The Labute approximate surface area is 125 Å². The number of thiophene rings is 1. The van der Waals surface area contributed by atoms with Gasteiger partial charge in [0.15, 0.2) is 0 Å². The van der Waals surface area contributed by atoms with Crippen LogP contribution in [0.1, 0.15) is 5.56 Å². The molecule has 0 N–H and O–H groups in total. The Bertz CT molecular complexity index is 727. The van der Waals surface area contributed by atoms with Gasteiger partial charge in [0.2, 0.25) is 0 Å². The van der Waals surface area contributed by atoms with Crippen LogP contribution in [0.2, 0.25) is 0 Å². The highest BCUT2D eigenvalue weighted by molar-refractivity contribution is 8.15. The predicted molar refractivity (Wildman–Crippen MR) is 70.7 cm³/mol. The van der Waals surface area contributed by atoms with Crippen molar-refractivity contribution < 1.29 is 21.6 Å². The zero-order valence-electron chi connectivity index (χ0n) is 9.39. The first-order chi connectivity index (χ1) is 9.18. The van der Waals surface area contributed by atoms with Gasteiger partial charge >= 0.3 is 6.18 Å². The van der Waals surface area contributed by atoms with E-state index in [2.05, 4.69) is 4.98 Å². The molecule has 0 saturated heterocycles. The standard InChI is InChI=1S/C10H5ClF3NO2S3/c11-20(16,17)8-4-3-7(18-8)19-9-6(10(12,13)14)2-1-5-15-9/h1-5H. The van der Waals surface area contributed by atoms with Gasteiger partial charge in [-0.25, -0.2) is 13.4 Å². The molecule has 2 rings (SSSR count). The van der Waals surface area contributed by atoms with E-state index < -0.39 is 20.8 Å². The molecule has 0 radical (unpaired) electrons. The lowest BCUT2D eigenvalue weighted by atomic mass is 10.3. The minimum absolute atomic E-state index is 0.119. The van der Waals surface area contributed by atoms with Gasteiger partial charge in [0.1, 0.15) is 9.24 Å². The van der Waals surface area contributed by atoms with Crippen LogP contribution in [0.15, 0.2) is 43.9 Å². The SMILES string of the molecule is O=S(=O)(Cl)c1ccc(Sc2ncccc2C(F)(F)F)s1. The summed E-state index contributed by atoms with van der Waals surface area (Å²) in [4.78, 5) is 3.68. The maximum atomic E-state index is 12.8. The second-order valence-electron chi connectivity index (χ2n) is 3.47. The topological polar surface area (TPSA) is 47.0 Å². The number of nitrogens with zero attached hydrogens (tertiary/aromatic N) is 1. The van der Waals surface area contributed by atoms with E-state index in [9.17, 15) is 21.6 Å². The Morgan fingerprint density at radius 3 is 2.50 bits per heavy atom. The van der Waals surface area contributed by atoms with E-state index in [-0.39, 0.29) is 9.24 Å². The molecule has 0 saturated carbocycles. The summed E-state index contributed by atoms with van der Waals surface area (Å²) in [6, 6.07) is 4.74. The van der Waals surface area contributed by atoms with Gasteiger partial charge < -0.3 is 0 Å². The second-order valence-corrected chi connectivity index (χ2v) is 8.63. The largest absolute Gasteiger partial charge is 0.419 e. The van der Waals surface area contributed by atoms with Gasteiger partial charge in [-0.2, -0.15) is 13.2 Å². The lowest BCUT2D eigenvalue weighted by molar-refractivity contribution is -0.140. The molecule has 2 aromatic rings. The van der Waals surface area contributed by atoms with E-state index >= 15 is 0 Å². The minimum Gasteiger partial charge on any atom is -0.249 e. The highest BCUT2D eigenvalue weighted by Crippen LogP contribution is 2.41. The number of hydrogen-bond donors (Lipinski definition) is 0. The van der Waals surface area contributed by atoms with E-state index in [0.29, 0.717) is 4.21 Å². The Hall–Kier alpha value is -0.770. The van der Waals surface area contributed by atoms with E-state index in [1.165, 1.54) is 24.4 Å². The zero-order chi connectivity index (χ0) is 15.0. The van der Waals surface area contributed by atoms with Crippen molar-refractivity contribution in [2.45, 2.75) is 19.6 Å². The Morgan fingerprint density at radius 2 is 1.95 bits per heavy atom. The number of rotatable bonds is 3. The molecule has 10 heteroatoms. The maximum absolute atomic E-state index is 12.8. The summed E-state index contributed by atoms with van der Waals surface area (Å²) < 4.78 is 60.8. The third kappa shape index (κ3) is 3.66. The van der Waals surface area contributed by atoms with Gasteiger partial charge in [0, 0.05) is 16.9 Å². The Balaban J connectivity index is 2.34. The fourth-order valence-electron chi connectivity index (χ4n) is 1.27. The molecule has 0 aliphatic heterocycles. The second kappa shape index (κ2) is 5.55. The summed E-state index contributed by atoms with van der Waals surface area (Å²) in [6.45, 7) is 0. The Morgan fingerprint density at radius 1 is 1.25 bits per heavy atom. The summed E-state index contributed by atoms with van der Waals surface area (Å²) in [7, 11) is 1.28. The van der Waals surface area contributed by atoms with Crippen LogP contribution in [-0.4, -0.2) is 13.4 Å². The van der Waals surface area contributed by atoms with Crippen LogP contribution in [-0.2, 0) is 15.2 Å². The number of alkyl halides is 3. The fraction of sp³-hybridized carbons (Fsp3) is 0.100. The fourth-order valence-corrected chi connectivity index (χ4v) is 4.64. The average Bonchev–Trinajstić information content (AvgIpc) is 2.76. The number of halogens is 4. The quantitative estimate of drug-likeness (QED) is 0.769. The number of aromatic nitrogens is 1. The third-order valence-electron chi connectivity index (χ3n) is 2.07. The van der Waals surface area contributed by atoms with Gasteiger partial charge in [-0.15, -0.1) is 11.3 Å². The van der Waals surface area contributed by atoms with Crippen molar-refractivity contribution in [3.05, 3.63) is 36.0 Å². The zero-order valence-corrected chi connectivity index (χ0v) is 12.6. The minimum atomic E-state index is -4.52. The molecule has 0 amide bonds. The summed E-state index contributed by atoms with van der Waals surface area (Å²) in [5, 5.41) is -0.236. The van der Waals surface area contributed by atoms with Crippen molar-refractivity contribution in [3.8, 4) is 0 Å². The first-order valence-electron chi connectivity index (χ1n) is 4.92. The Kier molecular flexibility index (Phi) is 4.33. The van der Waals surface area contributed by atoms with E-state index in [4.69, 9.17) is 10.7 Å².